The molecule has 0 atom stereocenters. The van der Waals surface area contributed by atoms with Crippen LogP contribution >= 0.6 is 12.2 Å². The number of nitrogens with one attached hydrogen (secondary N) is 1. The van der Waals surface area contributed by atoms with Gasteiger partial charge in [0.1, 0.15) is 0 Å². The number of hydrogen-bond acceptors (Lipinski definition) is 3. The van der Waals surface area contributed by atoms with Gasteiger partial charge in [-0.25, -0.2) is 0 Å². The Balaban J connectivity index is 2.53. The fourth-order valence-electron chi connectivity index (χ4n) is 1.78. The summed E-state index contributed by atoms with van der Waals surface area (Å²) in [5, 5.41) is 7.16. The lowest BCUT2D eigenvalue weighted by Gasteiger charge is -2.10. The fourth-order valence-corrected chi connectivity index (χ4v) is 1.99. The second-order valence-electron chi connectivity index (χ2n) is 4.49. The van der Waals surface area contributed by atoms with Crippen molar-refractivity contribution in [2.75, 3.05) is 0 Å². The minimum absolute atomic E-state index is 0.523. The van der Waals surface area contributed by atoms with E-state index in [-0.39, 0.29) is 0 Å². The van der Waals surface area contributed by atoms with Gasteiger partial charge in [0.05, 0.1) is 0 Å². The first-order valence-corrected chi connectivity index (χ1v) is 6.07. The van der Waals surface area contributed by atoms with Gasteiger partial charge in [0.25, 0.3) is 0 Å². The molecule has 0 amide bonds. The largest absolute Gasteiger partial charge is 0.300 e. The minimum Gasteiger partial charge on any atom is -0.300 e. The topological polar surface area (TPSA) is 46.5 Å². The Bertz CT molecular complexity index is 568. The van der Waals surface area contributed by atoms with Crippen molar-refractivity contribution in [3.05, 3.63) is 28.8 Å². The van der Waals surface area contributed by atoms with Crippen molar-refractivity contribution in [1.29, 1.82) is 0 Å². The summed E-state index contributed by atoms with van der Waals surface area (Å²) in [4.78, 5) is 4.28. The van der Waals surface area contributed by atoms with Crippen molar-refractivity contribution in [1.82, 2.24) is 19.7 Å². The molecule has 0 aliphatic carbocycles. The second-order valence-corrected chi connectivity index (χ2v) is 4.88. The van der Waals surface area contributed by atoms with E-state index in [4.69, 9.17) is 12.2 Å². The summed E-state index contributed by atoms with van der Waals surface area (Å²) in [7, 11) is 0. The third-order valence-electron chi connectivity index (χ3n) is 2.55. The Morgan fingerprint density at radius 3 is 2.88 bits per heavy atom. The monoisotopic (exact) mass is 248 g/mol. The van der Waals surface area contributed by atoms with Crippen molar-refractivity contribution in [2.45, 2.75) is 27.3 Å². The molecule has 0 fully saturated rings. The lowest BCUT2D eigenvalue weighted by molar-refractivity contribution is 0.521. The molecule has 2 heterocycles. The molecule has 90 valence electrons. The number of nitrogens with zero attached hydrogens (tertiary/aromatic N) is 3. The zero-order valence-corrected chi connectivity index (χ0v) is 11.1. The van der Waals surface area contributed by atoms with Crippen molar-refractivity contribution in [2.24, 2.45) is 5.92 Å². The van der Waals surface area contributed by atoms with Crippen LogP contribution in [0.25, 0.3) is 11.4 Å². The quantitative estimate of drug-likeness (QED) is 0.849. The highest BCUT2D eigenvalue weighted by Gasteiger charge is 2.12. The highest BCUT2D eigenvalue weighted by molar-refractivity contribution is 7.71. The minimum atomic E-state index is 0.523. The molecule has 0 aliphatic rings. The standard InChI is InChI=1S/C12H16N4S/c1-8(2)7-16-11(14-15-12(16)17)10-5-4-6-13-9(10)3/h4-6,8H,7H2,1-3H3,(H,15,17). The predicted molar refractivity (Wildman–Crippen MR) is 70.2 cm³/mol. The van der Waals surface area contributed by atoms with Crippen molar-refractivity contribution < 1.29 is 0 Å². The van der Waals surface area contributed by atoms with Gasteiger partial charge in [0, 0.05) is 24.0 Å². The van der Waals surface area contributed by atoms with E-state index in [1.165, 1.54) is 0 Å². The molecule has 0 aromatic carbocycles. The van der Waals surface area contributed by atoms with Gasteiger partial charge in [-0.2, -0.15) is 5.10 Å². The average Bonchev–Trinajstić information content (AvgIpc) is 2.61. The third-order valence-corrected chi connectivity index (χ3v) is 2.87. The number of aryl methyl sites for hydroxylation is 1. The van der Waals surface area contributed by atoms with Gasteiger partial charge in [-0.1, -0.05) is 13.8 Å². The van der Waals surface area contributed by atoms with E-state index in [1.807, 2.05) is 23.6 Å². The molecular formula is C12H16N4S. The molecular weight excluding hydrogens is 232 g/mol. The Morgan fingerprint density at radius 2 is 2.24 bits per heavy atom. The molecule has 0 radical (unpaired) electrons. The number of H-pyrrole nitrogens is 1. The van der Waals surface area contributed by atoms with Crippen LogP contribution in [0.3, 0.4) is 0 Å². The van der Waals surface area contributed by atoms with Gasteiger partial charge in [0.15, 0.2) is 10.6 Å². The highest BCUT2D eigenvalue weighted by atomic mass is 32.1. The van der Waals surface area contributed by atoms with Crippen molar-refractivity contribution in [3.8, 4) is 11.4 Å². The molecule has 17 heavy (non-hydrogen) atoms. The molecule has 4 nitrogen and oxygen atoms in total. The molecule has 2 aromatic heterocycles. The number of rotatable bonds is 3. The van der Waals surface area contributed by atoms with Crippen molar-refractivity contribution in [3.63, 3.8) is 0 Å². The smallest absolute Gasteiger partial charge is 0.195 e. The zero-order chi connectivity index (χ0) is 12.4. The first kappa shape index (κ1) is 12.0. The van der Waals surface area contributed by atoms with Gasteiger partial charge in [-0.3, -0.25) is 14.6 Å². The zero-order valence-electron chi connectivity index (χ0n) is 10.3. The number of aromatic amines is 1. The van der Waals surface area contributed by atoms with Crippen LogP contribution in [0.5, 0.6) is 0 Å². The summed E-state index contributed by atoms with van der Waals surface area (Å²) in [6.07, 6.45) is 1.78. The summed E-state index contributed by atoms with van der Waals surface area (Å²) >= 11 is 5.26. The van der Waals surface area contributed by atoms with Crippen LogP contribution in [0.1, 0.15) is 19.5 Å². The van der Waals surface area contributed by atoms with Crippen LogP contribution in [0.15, 0.2) is 18.3 Å². The van der Waals surface area contributed by atoms with E-state index in [2.05, 4.69) is 29.0 Å². The van der Waals surface area contributed by atoms with Crippen LogP contribution < -0.4 is 0 Å². The van der Waals surface area contributed by atoms with Crippen molar-refractivity contribution >= 4 is 12.2 Å². The molecule has 2 rings (SSSR count). The summed E-state index contributed by atoms with van der Waals surface area (Å²) < 4.78 is 2.70. The molecule has 0 spiro atoms. The van der Waals surface area contributed by atoms with Crippen LogP contribution in [-0.2, 0) is 6.54 Å². The predicted octanol–water partition coefficient (Wildman–Crippen LogP) is 2.97. The number of hydrogen-bond donors (Lipinski definition) is 1. The van der Waals surface area contributed by atoms with Gasteiger partial charge >= 0.3 is 0 Å². The average molecular weight is 248 g/mol. The van der Waals surface area contributed by atoms with Crippen LogP contribution in [-0.4, -0.2) is 19.7 Å². The summed E-state index contributed by atoms with van der Waals surface area (Å²) in [6, 6.07) is 3.93. The Labute approximate surface area is 106 Å². The maximum Gasteiger partial charge on any atom is 0.195 e. The highest BCUT2D eigenvalue weighted by Crippen LogP contribution is 2.20. The maximum atomic E-state index is 5.26. The Morgan fingerprint density at radius 1 is 1.47 bits per heavy atom. The summed E-state index contributed by atoms with van der Waals surface area (Å²) in [5.74, 6) is 1.39. The maximum absolute atomic E-state index is 5.26. The molecule has 0 saturated carbocycles. The number of aromatic nitrogens is 4. The first-order valence-electron chi connectivity index (χ1n) is 5.66. The molecule has 0 unspecified atom stereocenters. The first-order chi connectivity index (χ1) is 8.09. The van der Waals surface area contributed by atoms with E-state index in [9.17, 15) is 0 Å². The van der Waals surface area contributed by atoms with Gasteiger partial charge in [-0.15, -0.1) is 0 Å². The lowest BCUT2D eigenvalue weighted by atomic mass is 10.2. The summed E-state index contributed by atoms with van der Waals surface area (Å²) in [5.41, 5.74) is 1.99. The van der Waals surface area contributed by atoms with Gasteiger partial charge < -0.3 is 0 Å². The summed E-state index contributed by atoms with van der Waals surface area (Å²) in [6.45, 7) is 7.16. The normalized spacial score (nSPS) is 11.1. The molecule has 0 aliphatic heterocycles. The van der Waals surface area contributed by atoms with Crippen LogP contribution in [0.2, 0.25) is 0 Å². The SMILES string of the molecule is Cc1ncccc1-c1n[nH]c(=S)n1CC(C)C. The van der Waals surface area contributed by atoms with E-state index < -0.39 is 0 Å². The molecule has 2 aromatic rings. The Kier molecular flexibility index (Phi) is 3.38. The molecule has 5 heteroatoms. The van der Waals surface area contributed by atoms with Gasteiger partial charge in [0.2, 0.25) is 0 Å². The molecule has 0 bridgehead atoms. The fraction of sp³-hybridized carbons (Fsp3) is 0.417. The van der Waals surface area contributed by atoms with Crippen LogP contribution in [0, 0.1) is 17.6 Å². The molecule has 1 N–H and O–H groups in total. The van der Waals surface area contributed by atoms with E-state index >= 15 is 0 Å². The third kappa shape index (κ3) is 2.44. The second kappa shape index (κ2) is 4.79. The Hall–Kier alpha value is -1.49. The lowest BCUT2D eigenvalue weighted by Crippen LogP contribution is -2.07. The van der Waals surface area contributed by atoms with E-state index in [0.29, 0.717) is 10.7 Å². The van der Waals surface area contributed by atoms with E-state index in [0.717, 1.165) is 23.6 Å². The van der Waals surface area contributed by atoms with E-state index in [1.54, 1.807) is 6.20 Å². The van der Waals surface area contributed by atoms with Gasteiger partial charge in [-0.05, 0) is 37.2 Å². The molecule has 0 saturated heterocycles. The number of pyridine rings is 1. The van der Waals surface area contributed by atoms with Crippen LogP contribution in [0.4, 0.5) is 0 Å².